The van der Waals surface area contributed by atoms with E-state index in [9.17, 15) is 0 Å². The molecule has 2 aromatic rings. The van der Waals surface area contributed by atoms with Crippen LogP contribution in [0.25, 0.3) is 0 Å². The Morgan fingerprint density at radius 1 is 1.40 bits per heavy atom. The smallest absolute Gasteiger partial charge is 0.278 e. The first-order valence-corrected chi connectivity index (χ1v) is 5.88. The number of hydrogen-bond donors (Lipinski definition) is 0. The van der Waals surface area contributed by atoms with Gasteiger partial charge in [-0.25, -0.2) is 4.98 Å². The summed E-state index contributed by atoms with van der Waals surface area (Å²) in [7, 11) is 1.63. The zero-order valence-corrected chi connectivity index (χ0v) is 10.3. The van der Waals surface area contributed by atoms with Gasteiger partial charge in [0.15, 0.2) is 0 Å². The zero-order valence-electron chi connectivity index (χ0n) is 7.94. The molecule has 5 heteroatoms. The molecule has 0 saturated carbocycles. The third-order valence-electron chi connectivity index (χ3n) is 1.75. The van der Waals surface area contributed by atoms with Crippen LogP contribution in [0.15, 0.2) is 34.2 Å². The van der Waals surface area contributed by atoms with E-state index < -0.39 is 0 Å². The van der Waals surface area contributed by atoms with Crippen LogP contribution in [0.3, 0.4) is 0 Å². The minimum Gasteiger partial charge on any atom is -0.497 e. The van der Waals surface area contributed by atoms with Gasteiger partial charge in [0, 0.05) is 11.6 Å². The first-order chi connectivity index (χ1) is 7.29. The second-order valence-electron chi connectivity index (χ2n) is 2.70. The van der Waals surface area contributed by atoms with E-state index in [1.54, 1.807) is 13.3 Å². The van der Waals surface area contributed by atoms with Crippen LogP contribution in [0.2, 0.25) is 0 Å². The number of benzene rings is 1. The van der Waals surface area contributed by atoms with Crippen molar-refractivity contribution >= 4 is 27.3 Å². The third kappa shape index (κ3) is 2.49. The Hall–Kier alpha value is -1.07. The molecule has 0 aliphatic heterocycles. The molecular weight excluding hydrogens is 278 g/mol. The zero-order chi connectivity index (χ0) is 10.7. The van der Waals surface area contributed by atoms with Gasteiger partial charge in [-0.05, 0) is 34.1 Å². The van der Waals surface area contributed by atoms with Crippen molar-refractivity contribution in [3.05, 3.63) is 34.2 Å². The molecular formula is C10H8BrNO2S. The Morgan fingerprint density at radius 2 is 2.27 bits per heavy atom. The Kier molecular flexibility index (Phi) is 3.23. The lowest BCUT2D eigenvalue weighted by Gasteiger charge is -2.06. The molecule has 1 aromatic heterocycles. The first kappa shape index (κ1) is 10.4. The number of halogens is 1. The first-order valence-electron chi connectivity index (χ1n) is 4.20. The molecule has 0 N–H and O–H groups in total. The van der Waals surface area contributed by atoms with Gasteiger partial charge in [0.05, 0.1) is 11.6 Å². The highest BCUT2D eigenvalue weighted by Crippen LogP contribution is 2.33. The van der Waals surface area contributed by atoms with Gasteiger partial charge in [0.25, 0.3) is 5.19 Å². The molecule has 0 saturated heterocycles. The summed E-state index contributed by atoms with van der Waals surface area (Å²) in [5.74, 6) is 1.51. The maximum Gasteiger partial charge on any atom is 0.278 e. The van der Waals surface area contributed by atoms with Crippen molar-refractivity contribution in [1.82, 2.24) is 4.98 Å². The molecule has 0 spiro atoms. The maximum atomic E-state index is 5.55. The lowest BCUT2D eigenvalue weighted by Crippen LogP contribution is -1.86. The quantitative estimate of drug-likeness (QED) is 0.862. The van der Waals surface area contributed by atoms with Gasteiger partial charge in [-0.15, -0.1) is 0 Å². The lowest BCUT2D eigenvalue weighted by atomic mass is 10.3. The molecule has 0 fully saturated rings. The van der Waals surface area contributed by atoms with Gasteiger partial charge in [0.2, 0.25) is 0 Å². The largest absolute Gasteiger partial charge is 0.497 e. The average Bonchev–Trinajstić information content (AvgIpc) is 2.74. The van der Waals surface area contributed by atoms with Crippen molar-refractivity contribution in [3.63, 3.8) is 0 Å². The van der Waals surface area contributed by atoms with E-state index in [-0.39, 0.29) is 0 Å². The molecule has 0 amide bonds. The molecule has 0 aliphatic carbocycles. The molecule has 0 radical (unpaired) electrons. The van der Waals surface area contributed by atoms with E-state index in [4.69, 9.17) is 9.47 Å². The van der Waals surface area contributed by atoms with Gasteiger partial charge in [-0.1, -0.05) is 11.3 Å². The van der Waals surface area contributed by atoms with Gasteiger partial charge in [-0.2, -0.15) is 0 Å². The molecule has 78 valence electrons. The molecule has 0 unspecified atom stereocenters. The number of ether oxygens (including phenoxy) is 2. The Balaban J connectivity index is 2.22. The van der Waals surface area contributed by atoms with Crippen LogP contribution in [0.4, 0.5) is 0 Å². The van der Waals surface area contributed by atoms with Crippen LogP contribution < -0.4 is 9.47 Å². The molecule has 3 nitrogen and oxygen atoms in total. The molecule has 0 aliphatic rings. The summed E-state index contributed by atoms with van der Waals surface area (Å²) in [4.78, 5) is 4.04. The van der Waals surface area contributed by atoms with Gasteiger partial charge < -0.3 is 9.47 Å². The minimum absolute atomic E-state index is 0.626. The summed E-state index contributed by atoms with van der Waals surface area (Å²) < 4.78 is 11.5. The monoisotopic (exact) mass is 285 g/mol. The number of rotatable bonds is 3. The molecule has 1 heterocycles. The van der Waals surface area contributed by atoms with E-state index in [1.807, 2.05) is 23.6 Å². The van der Waals surface area contributed by atoms with Crippen molar-refractivity contribution in [1.29, 1.82) is 0 Å². The van der Waals surface area contributed by atoms with Gasteiger partial charge >= 0.3 is 0 Å². The van der Waals surface area contributed by atoms with Crippen molar-refractivity contribution in [3.8, 4) is 16.7 Å². The van der Waals surface area contributed by atoms with Crippen LogP contribution in [0.1, 0.15) is 0 Å². The number of thiazole rings is 1. The Bertz CT molecular complexity index is 445. The highest BCUT2D eigenvalue weighted by atomic mass is 79.9. The number of nitrogens with zero attached hydrogens (tertiary/aromatic N) is 1. The topological polar surface area (TPSA) is 31.4 Å². The SMILES string of the molecule is COc1ccc(Oc2nccs2)c(Br)c1. The van der Waals surface area contributed by atoms with Crippen molar-refractivity contribution in [2.24, 2.45) is 0 Å². The Labute approximate surface area is 99.8 Å². The Morgan fingerprint density at radius 3 is 2.87 bits per heavy atom. The molecule has 2 rings (SSSR count). The fourth-order valence-corrected chi connectivity index (χ4v) is 1.98. The minimum atomic E-state index is 0.626. The van der Waals surface area contributed by atoms with Crippen molar-refractivity contribution in [2.75, 3.05) is 7.11 Å². The summed E-state index contributed by atoms with van der Waals surface area (Å²) in [6.45, 7) is 0. The van der Waals surface area contributed by atoms with E-state index in [1.165, 1.54) is 11.3 Å². The predicted octanol–water partition coefficient (Wildman–Crippen LogP) is 3.71. The van der Waals surface area contributed by atoms with Crippen LogP contribution in [0, 0.1) is 0 Å². The fraction of sp³-hybridized carbons (Fsp3) is 0.100. The summed E-state index contributed by atoms with van der Waals surface area (Å²) in [5, 5.41) is 2.49. The third-order valence-corrected chi connectivity index (χ3v) is 3.01. The molecule has 0 bridgehead atoms. The van der Waals surface area contributed by atoms with E-state index in [0.717, 1.165) is 16.0 Å². The van der Waals surface area contributed by atoms with Crippen molar-refractivity contribution in [2.45, 2.75) is 0 Å². The predicted molar refractivity (Wildman–Crippen MR) is 62.9 cm³/mol. The van der Waals surface area contributed by atoms with Crippen LogP contribution in [0.5, 0.6) is 16.7 Å². The lowest BCUT2D eigenvalue weighted by molar-refractivity contribution is 0.412. The van der Waals surface area contributed by atoms with Crippen molar-refractivity contribution < 1.29 is 9.47 Å². The molecule has 15 heavy (non-hydrogen) atoms. The van der Waals surface area contributed by atoms with Crippen LogP contribution in [-0.2, 0) is 0 Å². The second kappa shape index (κ2) is 4.63. The number of methoxy groups -OCH3 is 1. The maximum absolute atomic E-state index is 5.55. The van der Waals surface area contributed by atoms with E-state index in [2.05, 4.69) is 20.9 Å². The van der Waals surface area contributed by atoms with Crippen LogP contribution >= 0.6 is 27.3 Å². The summed E-state index contributed by atoms with van der Waals surface area (Å²) in [5.41, 5.74) is 0. The van der Waals surface area contributed by atoms with E-state index in [0.29, 0.717) is 5.19 Å². The number of aromatic nitrogens is 1. The summed E-state index contributed by atoms with van der Waals surface area (Å²) in [6.07, 6.45) is 1.71. The van der Waals surface area contributed by atoms with Gasteiger partial charge in [0.1, 0.15) is 11.5 Å². The fourth-order valence-electron chi connectivity index (χ4n) is 1.05. The second-order valence-corrected chi connectivity index (χ2v) is 4.41. The molecule has 0 atom stereocenters. The van der Waals surface area contributed by atoms with Gasteiger partial charge in [-0.3, -0.25) is 0 Å². The summed E-state index contributed by atoms with van der Waals surface area (Å²) in [6, 6.07) is 5.53. The van der Waals surface area contributed by atoms with E-state index >= 15 is 0 Å². The average molecular weight is 286 g/mol. The number of hydrogen-bond acceptors (Lipinski definition) is 4. The molecule has 1 aromatic carbocycles. The van der Waals surface area contributed by atoms with Crippen LogP contribution in [-0.4, -0.2) is 12.1 Å². The highest BCUT2D eigenvalue weighted by molar-refractivity contribution is 9.10. The highest BCUT2D eigenvalue weighted by Gasteiger charge is 2.05. The summed E-state index contributed by atoms with van der Waals surface area (Å²) >= 11 is 4.86. The standard InChI is InChI=1S/C10H8BrNO2S/c1-13-7-2-3-9(8(11)6-7)14-10-12-4-5-15-10/h2-6H,1H3. The normalized spacial score (nSPS) is 10.0.